The molecule has 1 heterocycles. The highest BCUT2D eigenvalue weighted by Gasteiger charge is 2.12. The molecule has 0 N–H and O–H groups in total. The third kappa shape index (κ3) is 2.66. The molecule has 0 amide bonds. The molecule has 2 aromatic rings. The molecule has 2 rings (SSSR count). The fourth-order valence-electron chi connectivity index (χ4n) is 1.16. The van der Waals surface area contributed by atoms with Gasteiger partial charge in [-0.1, -0.05) is 23.2 Å². The Hall–Kier alpha value is -0.530. The van der Waals surface area contributed by atoms with E-state index in [9.17, 15) is 8.78 Å². The molecule has 0 unspecified atom stereocenters. The molecule has 0 bridgehead atoms. The lowest BCUT2D eigenvalue weighted by molar-refractivity contribution is 0.509. The first-order chi connectivity index (χ1) is 7.99. The number of halogens is 5. The largest absolute Gasteiger partial charge is 0.215 e. The van der Waals surface area contributed by atoms with Crippen LogP contribution in [0.25, 0.3) is 11.4 Å². The van der Waals surface area contributed by atoms with Gasteiger partial charge in [0.2, 0.25) is 0 Å². The van der Waals surface area contributed by atoms with E-state index in [0.717, 1.165) is 12.1 Å². The summed E-state index contributed by atoms with van der Waals surface area (Å²) in [6, 6.07) is 3.34. The van der Waals surface area contributed by atoms with E-state index < -0.39 is 11.6 Å². The molecule has 7 heteroatoms. The lowest BCUT2D eigenvalue weighted by Crippen LogP contribution is -1.95. The summed E-state index contributed by atoms with van der Waals surface area (Å²) in [5.74, 6) is -1.76. The first-order valence-corrected chi connectivity index (χ1v) is 6.16. The molecule has 0 saturated carbocycles. The van der Waals surface area contributed by atoms with E-state index in [1.165, 1.54) is 6.07 Å². The van der Waals surface area contributed by atoms with Gasteiger partial charge < -0.3 is 0 Å². The van der Waals surface area contributed by atoms with Gasteiger partial charge in [-0.2, -0.15) is 0 Å². The van der Waals surface area contributed by atoms with Crippen LogP contribution in [0, 0.1) is 15.2 Å². The Morgan fingerprint density at radius 2 is 1.59 bits per heavy atom. The SMILES string of the molecule is Fc1ccc(-c2nc(Cl)c(I)c(Cl)n2)cc1F. The molecule has 0 spiro atoms. The second-order valence-electron chi connectivity index (χ2n) is 3.07. The van der Waals surface area contributed by atoms with Gasteiger partial charge in [0.05, 0.1) is 3.57 Å². The number of hydrogen-bond donors (Lipinski definition) is 0. The van der Waals surface area contributed by atoms with Crippen LogP contribution in [-0.4, -0.2) is 9.97 Å². The molecule has 17 heavy (non-hydrogen) atoms. The molecule has 0 aliphatic carbocycles. The molecule has 1 aromatic carbocycles. The average molecular weight is 387 g/mol. The van der Waals surface area contributed by atoms with Crippen molar-refractivity contribution in [2.45, 2.75) is 0 Å². The fraction of sp³-hybridized carbons (Fsp3) is 0. The molecule has 0 aliphatic rings. The van der Waals surface area contributed by atoms with Gasteiger partial charge in [0, 0.05) is 5.56 Å². The second-order valence-corrected chi connectivity index (χ2v) is 4.87. The molecule has 1 aromatic heterocycles. The van der Waals surface area contributed by atoms with E-state index in [-0.39, 0.29) is 16.1 Å². The number of rotatable bonds is 1. The highest BCUT2D eigenvalue weighted by molar-refractivity contribution is 14.1. The summed E-state index contributed by atoms with van der Waals surface area (Å²) in [5.41, 5.74) is 0.309. The van der Waals surface area contributed by atoms with E-state index in [4.69, 9.17) is 23.2 Å². The molecule has 0 saturated heterocycles. The fourth-order valence-corrected chi connectivity index (χ4v) is 1.79. The smallest absolute Gasteiger partial charge is 0.162 e. The molecule has 0 radical (unpaired) electrons. The van der Waals surface area contributed by atoms with Crippen LogP contribution in [0.1, 0.15) is 0 Å². The maximum atomic E-state index is 13.0. The Labute approximate surface area is 119 Å². The Morgan fingerprint density at radius 3 is 2.12 bits per heavy atom. The minimum atomic E-state index is -0.975. The number of nitrogens with zero attached hydrogens (tertiary/aromatic N) is 2. The summed E-state index contributed by atoms with van der Waals surface area (Å²) >= 11 is 13.6. The zero-order valence-electron chi connectivity index (χ0n) is 8.02. The first kappa shape index (κ1) is 12.9. The summed E-state index contributed by atoms with van der Waals surface area (Å²) in [6.07, 6.45) is 0. The van der Waals surface area contributed by atoms with E-state index in [1.54, 1.807) is 0 Å². The van der Waals surface area contributed by atoms with Gasteiger partial charge in [0.1, 0.15) is 10.3 Å². The van der Waals surface area contributed by atoms with Crippen LogP contribution in [0.5, 0.6) is 0 Å². The Morgan fingerprint density at radius 1 is 1.00 bits per heavy atom. The van der Waals surface area contributed by atoms with Gasteiger partial charge in [-0.25, -0.2) is 18.7 Å². The van der Waals surface area contributed by atoms with Crippen molar-refractivity contribution in [1.29, 1.82) is 0 Å². The van der Waals surface area contributed by atoms with Crippen LogP contribution in [0.2, 0.25) is 10.3 Å². The molecule has 2 nitrogen and oxygen atoms in total. The minimum Gasteiger partial charge on any atom is -0.215 e. The summed E-state index contributed by atoms with van der Waals surface area (Å²) in [4.78, 5) is 7.90. The van der Waals surface area contributed by atoms with Crippen molar-refractivity contribution in [2.75, 3.05) is 0 Å². The highest BCUT2D eigenvalue weighted by atomic mass is 127. The van der Waals surface area contributed by atoms with Crippen LogP contribution < -0.4 is 0 Å². The Balaban J connectivity index is 2.57. The van der Waals surface area contributed by atoms with Crippen molar-refractivity contribution in [3.63, 3.8) is 0 Å². The average Bonchev–Trinajstić information content (AvgIpc) is 2.29. The van der Waals surface area contributed by atoms with Gasteiger partial charge in [0.15, 0.2) is 17.5 Å². The maximum absolute atomic E-state index is 13.0. The quantitative estimate of drug-likeness (QED) is 0.538. The van der Waals surface area contributed by atoms with Crippen molar-refractivity contribution >= 4 is 45.8 Å². The van der Waals surface area contributed by atoms with Gasteiger partial charge in [-0.05, 0) is 40.8 Å². The monoisotopic (exact) mass is 386 g/mol. The topological polar surface area (TPSA) is 25.8 Å². The second kappa shape index (κ2) is 4.99. The van der Waals surface area contributed by atoms with E-state index >= 15 is 0 Å². The highest BCUT2D eigenvalue weighted by Crippen LogP contribution is 2.27. The van der Waals surface area contributed by atoms with Gasteiger partial charge in [-0.3, -0.25) is 0 Å². The number of aromatic nitrogens is 2. The van der Waals surface area contributed by atoms with Crippen molar-refractivity contribution in [3.05, 3.63) is 43.7 Å². The van der Waals surface area contributed by atoms with Crippen molar-refractivity contribution in [1.82, 2.24) is 9.97 Å². The van der Waals surface area contributed by atoms with Gasteiger partial charge >= 0.3 is 0 Å². The maximum Gasteiger partial charge on any atom is 0.162 e. The Bertz CT molecular complexity index is 570. The molecule has 0 aliphatic heterocycles. The standard InChI is InChI=1S/C10H3Cl2F2IN2/c11-8-7(15)9(12)17-10(16-8)4-1-2-5(13)6(14)3-4/h1-3H. The molecular formula is C10H3Cl2F2IN2. The van der Waals surface area contributed by atoms with E-state index in [0.29, 0.717) is 9.13 Å². The number of benzene rings is 1. The third-order valence-electron chi connectivity index (χ3n) is 1.95. The molecule has 0 atom stereocenters. The zero-order valence-corrected chi connectivity index (χ0v) is 11.7. The molecule has 88 valence electrons. The van der Waals surface area contributed by atoms with Crippen LogP contribution in [0.3, 0.4) is 0 Å². The summed E-state index contributed by atoms with van der Waals surface area (Å²) in [7, 11) is 0. The van der Waals surface area contributed by atoms with Gasteiger partial charge in [-0.15, -0.1) is 0 Å². The van der Waals surface area contributed by atoms with Crippen LogP contribution >= 0.6 is 45.8 Å². The van der Waals surface area contributed by atoms with E-state index in [1.807, 2.05) is 22.6 Å². The lowest BCUT2D eigenvalue weighted by atomic mass is 10.2. The van der Waals surface area contributed by atoms with Crippen molar-refractivity contribution in [2.24, 2.45) is 0 Å². The number of hydrogen-bond acceptors (Lipinski definition) is 2. The Kier molecular flexibility index (Phi) is 3.79. The molecular weight excluding hydrogens is 384 g/mol. The minimum absolute atomic E-state index is 0.152. The van der Waals surface area contributed by atoms with Crippen LogP contribution in [0.15, 0.2) is 18.2 Å². The van der Waals surface area contributed by atoms with Crippen LogP contribution in [0.4, 0.5) is 8.78 Å². The van der Waals surface area contributed by atoms with Crippen molar-refractivity contribution < 1.29 is 8.78 Å². The summed E-state index contributed by atoms with van der Waals surface area (Å²) in [5, 5.41) is 0.343. The van der Waals surface area contributed by atoms with Gasteiger partial charge in [0.25, 0.3) is 0 Å². The van der Waals surface area contributed by atoms with Crippen LogP contribution in [-0.2, 0) is 0 Å². The third-order valence-corrected chi connectivity index (χ3v) is 4.15. The zero-order chi connectivity index (χ0) is 12.6. The van der Waals surface area contributed by atoms with Crippen molar-refractivity contribution in [3.8, 4) is 11.4 Å². The summed E-state index contributed by atoms with van der Waals surface area (Å²) < 4.78 is 26.3. The molecule has 0 fully saturated rings. The first-order valence-electron chi connectivity index (χ1n) is 4.33. The predicted octanol–water partition coefficient (Wildman–Crippen LogP) is 4.33. The summed E-state index contributed by atoms with van der Waals surface area (Å²) in [6.45, 7) is 0. The van der Waals surface area contributed by atoms with E-state index in [2.05, 4.69) is 9.97 Å². The normalized spacial score (nSPS) is 10.6. The lowest BCUT2D eigenvalue weighted by Gasteiger charge is -2.04. The predicted molar refractivity (Wildman–Crippen MR) is 70.1 cm³/mol.